The van der Waals surface area contributed by atoms with E-state index >= 15 is 0 Å². The molecule has 0 spiro atoms. The third kappa shape index (κ3) is 6.04. The van der Waals surface area contributed by atoms with Gasteiger partial charge in [0.15, 0.2) is 0 Å². The van der Waals surface area contributed by atoms with E-state index in [2.05, 4.69) is 27.5 Å². The van der Waals surface area contributed by atoms with Crippen molar-refractivity contribution in [3.05, 3.63) is 76.0 Å². The zero-order valence-electron chi connectivity index (χ0n) is 15.3. The Morgan fingerprint density at radius 1 is 1.07 bits per heavy atom. The van der Waals surface area contributed by atoms with E-state index in [1.807, 2.05) is 48.7 Å². The zero-order chi connectivity index (χ0) is 19.1. The van der Waals surface area contributed by atoms with Gasteiger partial charge in [0.05, 0.1) is 17.6 Å². The molecular formula is C20H23Cl2N5. The molecule has 1 heterocycles. The summed E-state index contributed by atoms with van der Waals surface area (Å²) in [6.07, 6.45) is 1.95. The van der Waals surface area contributed by atoms with Crippen molar-refractivity contribution < 1.29 is 0 Å². The highest BCUT2D eigenvalue weighted by Crippen LogP contribution is 2.20. The number of para-hydroxylation sites is 1. The van der Waals surface area contributed by atoms with Gasteiger partial charge in [-0.15, -0.1) is 5.10 Å². The molecule has 0 aliphatic rings. The van der Waals surface area contributed by atoms with Crippen molar-refractivity contribution in [3.63, 3.8) is 0 Å². The number of likely N-dealkylation sites (N-methyl/N-ethyl adjacent to an activating group) is 1. The van der Waals surface area contributed by atoms with Gasteiger partial charge in [0.25, 0.3) is 0 Å². The Kier molecular flexibility index (Phi) is 7.24. The molecule has 5 nitrogen and oxygen atoms in total. The van der Waals surface area contributed by atoms with Crippen LogP contribution in [0.1, 0.15) is 18.2 Å². The van der Waals surface area contributed by atoms with E-state index in [4.69, 9.17) is 23.2 Å². The van der Waals surface area contributed by atoms with Crippen LogP contribution in [0.15, 0.2) is 54.7 Å². The number of rotatable bonds is 9. The lowest BCUT2D eigenvalue weighted by Gasteiger charge is -2.20. The molecule has 27 heavy (non-hydrogen) atoms. The minimum atomic E-state index is 0.674. The van der Waals surface area contributed by atoms with Crippen LogP contribution in [0.5, 0.6) is 0 Å². The molecule has 7 heteroatoms. The molecule has 0 saturated carbocycles. The maximum Gasteiger partial charge on any atom is 0.0969 e. The van der Waals surface area contributed by atoms with E-state index in [0.29, 0.717) is 16.6 Å². The van der Waals surface area contributed by atoms with Crippen LogP contribution in [0.3, 0.4) is 0 Å². The van der Waals surface area contributed by atoms with Gasteiger partial charge in [-0.05, 0) is 42.4 Å². The van der Waals surface area contributed by atoms with E-state index in [9.17, 15) is 0 Å². The molecule has 0 saturated heterocycles. The number of aromatic nitrogens is 3. The number of hydrogen-bond donors (Lipinski definition) is 1. The van der Waals surface area contributed by atoms with Gasteiger partial charge < -0.3 is 5.32 Å². The summed E-state index contributed by atoms with van der Waals surface area (Å²) in [7, 11) is 0. The molecule has 1 N–H and O–H groups in total. The fourth-order valence-electron chi connectivity index (χ4n) is 2.85. The molecule has 0 amide bonds. The van der Waals surface area contributed by atoms with Gasteiger partial charge in [-0.2, -0.15) is 0 Å². The Bertz CT molecular complexity index is 830. The summed E-state index contributed by atoms with van der Waals surface area (Å²) in [5.41, 5.74) is 3.05. The number of halogens is 2. The first-order valence-corrected chi connectivity index (χ1v) is 9.74. The van der Waals surface area contributed by atoms with Gasteiger partial charge in [0.2, 0.25) is 0 Å². The summed E-state index contributed by atoms with van der Waals surface area (Å²) in [4.78, 5) is 2.34. The molecule has 2 aromatic carbocycles. The predicted octanol–water partition coefficient (Wildman–Crippen LogP) is 4.19. The van der Waals surface area contributed by atoms with Crippen LogP contribution >= 0.6 is 23.2 Å². The van der Waals surface area contributed by atoms with Crippen LogP contribution in [0, 0.1) is 0 Å². The monoisotopic (exact) mass is 403 g/mol. The highest BCUT2D eigenvalue weighted by atomic mass is 35.5. The van der Waals surface area contributed by atoms with Crippen molar-refractivity contribution in [2.24, 2.45) is 0 Å². The summed E-state index contributed by atoms with van der Waals surface area (Å²) in [6, 6.07) is 15.7. The smallest absolute Gasteiger partial charge is 0.0969 e. The van der Waals surface area contributed by atoms with Crippen molar-refractivity contribution >= 4 is 23.2 Å². The normalized spacial score (nSPS) is 11.3. The topological polar surface area (TPSA) is 46.0 Å². The summed E-state index contributed by atoms with van der Waals surface area (Å²) in [5, 5.41) is 13.2. The van der Waals surface area contributed by atoms with Crippen LogP contribution in [-0.4, -0.2) is 39.5 Å². The average Bonchev–Trinajstić information content (AvgIpc) is 3.13. The molecule has 0 fully saturated rings. The van der Waals surface area contributed by atoms with Gasteiger partial charge in [0, 0.05) is 36.2 Å². The molecule has 0 aliphatic heterocycles. The van der Waals surface area contributed by atoms with Crippen molar-refractivity contribution in [1.82, 2.24) is 25.2 Å². The minimum absolute atomic E-state index is 0.674. The summed E-state index contributed by atoms with van der Waals surface area (Å²) in [5.74, 6) is 0. The summed E-state index contributed by atoms with van der Waals surface area (Å²) in [6.45, 7) is 6.40. The van der Waals surface area contributed by atoms with E-state index in [1.54, 1.807) is 10.7 Å². The zero-order valence-corrected chi connectivity index (χ0v) is 16.8. The largest absolute Gasteiger partial charge is 0.310 e. The van der Waals surface area contributed by atoms with Crippen molar-refractivity contribution in [3.8, 4) is 5.69 Å². The highest BCUT2D eigenvalue weighted by Gasteiger charge is 2.06. The fraction of sp³-hybridized carbons (Fsp3) is 0.300. The molecule has 0 atom stereocenters. The number of nitrogens with one attached hydrogen (secondary N) is 1. The fourth-order valence-corrected chi connectivity index (χ4v) is 3.42. The highest BCUT2D eigenvalue weighted by molar-refractivity contribution is 6.34. The van der Waals surface area contributed by atoms with Crippen LogP contribution in [0.4, 0.5) is 0 Å². The van der Waals surface area contributed by atoms with Gasteiger partial charge >= 0.3 is 0 Å². The maximum atomic E-state index is 6.09. The third-order valence-electron chi connectivity index (χ3n) is 4.25. The Balaban J connectivity index is 1.45. The first kappa shape index (κ1) is 19.8. The Morgan fingerprint density at radius 2 is 1.81 bits per heavy atom. The number of benzene rings is 2. The first-order valence-electron chi connectivity index (χ1n) is 8.98. The van der Waals surface area contributed by atoms with Crippen LogP contribution in [0.2, 0.25) is 10.0 Å². The standard InChI is InChI=1S/C20H23Cl2N5/c1-2-26(14-16-10-17(21)12-18(22)11-16)9-8-23-13-19-15-27(25-24-19)20-6-4-3-5-7-20/h3-7,10-12,15,23H,2,8-9,13-14H2,1H3. The van der Waals surface area contributed by atoms with Gasteiger partial charge in [0.1, 0.15) is 0 Å². The minimum Gasteiger partial charge on any atom is -0.310 e. The Morgan fingerprint density at radius 3 is 2.52 bits per heavy atom. The lowest BCUT2D eigenvalue weighted by Crippen LogP contribution is -2.31. The molecule has 1 aromatic heterocycles. The van der Waals surface area contributed by atoms with Crippen LogP contribution in [0.25, 0.3) is 5.69 Å². The number of hydrogen-bond acceptors (Lipinski definition) is 4. The lowest BCUT2D eigenvalue weighted by atomic mass is 10.2. The second-order valence-electron chi connectivity index (χ2n) is 6.31. The molecule has 0 aliphatic carbocycles. The van der Waals surface area contributed by atoms with E-state index in [1.165, 1.54) is 0 Å². The predicted molar refractivity (Wildman–Crippen MR) is 110 cm³/mol. The van der Waals surface area contributed by atoms with Crippen molar-refractivity contribution in [2.75, 3.05) is 19.6 Å². The van der Waals surface area contributed by atoms with Crippen LogP contribution in [-0.2, 0) is 13.1 Å². The van der Waals surface area contributed by atoms with E-state index < -0.39 is 0 Å². The third-order valence-corrected chi connectivity index (χ3v) is 4.68. The molecule has 0 unspecified atom stereocenters. The van der Waals surface area contributed by atoms with E-state index in [0.717, 1.165) is 43.1 Å². The average molecular weight is 404 g/mol. The second kappa shape index (κ2) is 9.85. The van der Waals surface area contributed by atoms with Gasteiger partial charge in [-0.3, -0.25) is 4.90 Å². The van der Waals surface area contributed by atoms with Crippen molar-refractivity contribution in [1.29, 1.82) is 0 Å². The van der Waals surface area contributed by atoms with Crippen LogP contribution < -0.4 is 5.32 Å². The van der Waals surface area contributed by atoms with E-state index in [-0.39, 0.29) is 0 Å². The number of nitrogens with zero attached hydrogens (tertiary/aromatic N) is 4. The summed E-state index contributed by atoms with van der Waals surface area (Å²) < 4.78 is 1.79. The Labute approximate surface area is 169 Å². The quantitative estimate of drug-likeness (QED) is 0.544. The van der Waals surface area contributed by atoms with Gasteiger partial charge in [-0.25, -0.2) is 4.68 Å². The molecular weight excluding hydrogens is 381 g/mol. The first-order chi connectivity index (χ1) is 13.1. The molecule has 3 aromatic rings. The second-order valence-corrected chi connectivity index (χ2v) is 7.19. The molecule has 3 rings (SSSR count). The summed E-state index contributed by atoms with van der Waals surface area (Å²) >= 11 is 12.2. The lowest BCUT2D eigenvalue weighted by molar-refractivity contribution is 0.279. The SMILES string of the molecule is CCN(CCNCc1cn(-c2ccccc2)nn1)Cc1cc(Cl)cc(Cl)c1. The Hall–Kier alpha value is -1.92. The molecule has 0 bridgehead atoms. The van der Waals surface area contributed by atoms with Crippen molar-refractivity contribution in [2.45, 2.75) is 20.0 Å². The maximum absolute atomic E-state index is 6.09. The molecule has 142 valence electrons. The van der Waals surface area contributed by atoms with Gasteiger partial charge in [-0.1, -0.05) is 53.5 Å². The molecule has 0 radical (unpaired) electrons.